The lowest BCUT2D eigenvalue weighted by Gasteiger charge is -2.14. The van der Waals surface area contributed by atoms with E-state index in [4.69, 9.17) is 25.6 Å². The Morgan fingerprint density at radius 3 is 2.59 bits per heavy atom. The van der Waals surface area contributed by atoms with E-state index in [0.717, 1.165) is 6.07 Å². The number of non-ortho nitro benzene ring substituents is 1. The standard InChI is InChI=1S/C20H17ClN4O7/c1-11(19(26)23-17-9-14(25(28)29)5-8-16(17)21)31-20(27)13-3-6-15(7-4-13)30-10-18-22-12(2)32-24-18/h3-9,11H,10H2,1-2H3,(H,23,26). The highest BCUT2D eigenvalue weighted by Gasteiger charge is 2.21. The van der Waals surface area contributed by atoms with Gasteiger partial charge in [0.15, 0.2) is 12.7 Å². The summed E-state index contributed by atoms with van der Waals surface area (Å²) in [5.74, 6) is -0.161. The summed E-state index contributed by atoms with van der Waals surface area (Å²) in [6, 6.07) is 9.66. The Labute approximate surface area is 186 Å². The Hall–Kier alpha value is -3.99. The number of halogens is 1. The molecule has 3 aromatic rings. The molecule has 1 atom stereocenters. The fourth-order valence-electron chi connectivity index (χ4n) is 2.47. The molecule has 1 aromatic heterocycles. The predicted molar refractivity (Wildman–Crippen MR) is 111 cm³/mol. The van der Waals surface area contributed by atoms with Crippen LogP contribution in [0, 0.1) is 17.0 Å². The zero-order valence-corrected chi connectivity index (χ0v) is 17.7. The average Bonchev–Trinajstić information content (AvgIpc) is 3.19. The van der Waals surface area contributed by atoms with Crippen LogP contribution in [-0.4, -0.2) is 33.0 Å². The number of rotatable bonds is 8. The molecule has 12 heteroatoms. The van der Waals surface area contributed by atoms with E-state index in [1.165, 1.54) is 31.2 Å². The molecule has 0 aliphatic heterocycles. The van der Waals surface area contributed by atoms with Crippen LogP contribution in [0.2, 0.25) is 5.02 Å². The molecule has 1 unspecified atom stereocenters. The Morgan fingerprint density at radius 1 is 1.25 bits per heavy atom. The minimum atomic E-state index is -1.18. The van der Waals surface area contributed by atoms with Gasteiger partial charge < -0.3 is 19.3 Å². The number of aryl methyl sites for hydroxylation is 1. The zero-order chi connectivity index (χ0) is 23.3. The van der Waals surface area contributed by atoms with Gasteiger partial charge in [-0.25, -0.2) is 4.79 Å². The third-order valence-electron chi connectivity index (χ3n) is 4.10. The summed E-state index contributed by atoms with van der Waals surface area (Å²) < 4.78 is 15.5. The highest BCUT2D eigenvalue weighted by atomic mass is 35.5. The maximum atomic E-state index is 12.3. The van der Waals surface area contributed by atoms with Crippen LogP contribution in [0.3, 0.4) is 0 Å². The molecular formula is C20H17ClN4O7. The van der Waals surface area contributed by atoms with E-state index in [-0.39, 0.29) is 28.6 Å². The first-order valence-electron chi connectivity index (χ1n) is 9.21. The van der Waals surface area contributed by atoms with Crippen LogP contribution in [0.5, 0.6) is 5.75 Å². The van der Waals surface area contributed by atoms with Crippen LogP contribution in [0.25, 0.3) is 0 Å². The fraction of sp³-hybridized carbons (Fsp3) is 0.200. The van der Waals surface area contributed by atoms with Crippen LogP contribution >= 0.6 is 11.6 Å². The van der Waals surface area contributed by atoms with E-state index in [1.807, 2.05) is 0 Å². The second-order valence-corrected chi connectivity index (χ2v) is 6.91. The Kier molecular flexibility index (Phi) is 7.00. The van der Waals surface area contributed by atoms with E-state index in [0.29, 0.717) is 17.5 Å². The lowest BCUT2D eigenvalue weighted by atomic mass is 10.2. The van der Waals surface area contributed by atoms with Crippen molar-refractivity contribution in [3.05, 3.63) is 74.9 Å². The lowest BCUT2D eigenvalue weighted by molar-refractivity contribution is -0.384. The number of anilines is 1. The first kappa shape index (κ1) is 22.7. The van der Waals surface area contributed by atoms with Crippen molar-refractivity contribution in [3.63, 3.8) is 0 Å². The molecule has 0 fully saturated rings. The van der Waals surface area contributed by atoms with Gasteiger partial charge >= 0.3 is 5.97 Å². The molecule has 1 amide bonds. The molecule has 1 heterocycles. The van der Waals surface area contributed by atoms with Gasteiger partial charge in [-0.2, -0.15) is 4.98 Å². The highest BCUT2D eigenvalue weighted by Crippen LogP contribution is 2.27. The Morgan fingerprint density at radius 2 is 1.97 bits per heavy atom. The number of nitrogens with one attached hydrogen (secondary N) is 1. The Bertz CT molecular complexity index is 1150. The second kappa shape index (κ2) is 9.88. The molecule has 0 saturated heterocycles. The highest BCUT2D eigenvalue weighted by molar-refractivity contribution is 6.33. The Balaban J connectivity index is 1.56. The zero-order valence-electron chi connectivity index (χ0n) is 16.9. The summed E-state index contributed by atoms with van der Waals surface area (Å²) in [4.78, 5) is 38.9. The van der Waals surface area contributed by atoms with Crippen LogP contribution in [0.15, 0.2) is 47.0 Å². The number of ether oxygens (including phenoxy) is 2. The minimum absolute atomic E-state index is 0.0343. The van der Waals surface area contributed by atoms with Crippen molar-refractivity contribution in [1.82, 2.24) is 10.1 Å². The molecule has 3 rings (SSSR count). The number of amides is 1. The summed E-state index contributed by atoms with van der Waals surface area (Å²) in [5.41, 5.74) is -0.0148. The molecule has 0 aliphatic carbocycles. The number of nitro groups is 1. The van der Waals surface area contributed by atoms with Crippen molar-refractivity contribution in [2.24, 2.45) is 0 Å². The van der Waals surface area contributed by atoms with Crippen LogP contribution in [-0.2, 0) is 16.1 Å². The van der Waals surface area contributed by atoms with Gasteiger partial charge in [0, 0.05) is 19.1 Å². The van der Waals surface area contributed by atoms with Crippen molar-refractivity contribution in [2.75, 3.05) is 5.32 Å². The first-order chi connectivity index (χ1) is 15.2. The molecule has 0 saturated carbocycles. The predicted octanol–water partition coefficient (Wildman–Crippen LogP) is 3.70. The van der Waals surface area contributed by atoms with Gasteiger partial charge in [-0.1, -0.05) is 16.8 Å². The molecule has 0 bridgehead atoms. The number of hydrogen-bond acceptors (Lipinski definition) is 9. The third-order valence-corrected chi connectivity index (χ3v) is 4.43. The van der Waals surface area contributed by atoms with Gasteiger partial charge in [-0.05, 0) is 37.3 Å². The normalized spacial score (nSPS) is 11.5. The van der Waals surface area contributed by atoms with Gasteiger partial charge in [0.2, 0.25) is 11.7 Å². The SMILES string of the molecule is Cc1nc(COc2ccc(C(=O)OC(C)C(=O)Nc3cc([N+](=O)[O-])ccc3Cl)cc2)no1. The molecule has 0 spiro atoms. The maximum absolute atomic E-state index is 12.3. The molecule has 32 heavy (non-hydrogen) atoms. The van der Waals surface area contributed by atoms with Gasteiger partial charge in [0.05, 0.1) is 21.2 Å². The fourth-order valence-corrected chi connectivity index (χ4v) is 2.64. The van der Waals surface area contributed by atoms with Crippen LogP contribution in [0.4, 0.5) is 11.4 Å². The topological polar surface area (TPSA) is 147 Å². The molecular weight excluding hydrogens is 444 g/mol. The van der Waals surface area contributed by atoms with E-state index in [1.54, 1.807) is 19.1 Å². The van der Waals surface area contributed by atoms with Crippen LogP contribution < -0.4 is 10.1 Å². The van der Waals surface area contributed by atoms with E-state index in [9.17, 15) is 19.7 Å². The number of benzene rings is 2. The second-order valence-electron chi connectivity index (χ2n) is 6.50. The maximum Gasteiger partial charge on any atom is 0.338 e. The smallest absolute Gasteiger partial charge is 0.338 e. The molecule has 2 aromatic carbocycles. The van der Waals surface area contributed by atoms with E-state index < -0.39 is 22.9 Å². The number of aromatic nitrogens is 2. The summed E-state index contributed by atoms with van der Waals surface area (Å²) in [7, 11) is 0. The minimum Gasteiger partial charge on any atom is -0.485 e. The molecule has 1 N–H and O–H groups in total. The number of nitro benzene ring substituents is 1. The van der Waals surface area contributed by atoms with Crippen molar-refractivity contribution in [1.29, 1.82) is 0 Å². The van der Waals surface area contributed by atoms with Gasteiger partial charge in [0.1, 0.15) is 5.75 Å². The summed E-state index contributed by atoms with van der Waals surface area (Å²) in [6.45, 7) is 3.12. The molecule has 11 nitrogen and oxygen atoms in total. The van der Waals surface area contributed by atoms with Crippen LogP contribution in [0.1, 0.15) is 29.0 Å². The molecule has 0 aliphatic rings. The van der Waals surface area contributed by atoms with Gasteiger partial charge in [-0.3, -0.25) is 14.9 Å². The number of hydrogen-bond donors (Lipinski definition) is 1. The summed E-state index contributed by atoms with van der Waals surface area (Å²) >= 11 is 5.96. The van der Waals surface area contributed by atoms with E-state index >= 15 is 0 Å². The average molecular weight is 461 g/mol. The van der Waals surface area contributed by atoms with E-state index in [2.05, 4.69) is 15.5 Å². The number of carbonyl (C=O) groups excluding carboxylic acids is 2. The summed E-state index contributed by atoms with van der Waals surface area (Å²) in [6.07, 6.45) is -1.18. The summed E-state index contributed by atoms with van der Waals surface area (Å²) in [5, 5.41) is 17.1. The molecule has 0 radical (unpaired) electrons. The third kappa shape index (κ3) is 5.79. The largest absolute Gasteiger partial charge is 0.485 e. The molecule has 166 valence electrons. The number of nitrogens with zero attached hydrogens (tertiary/aromatic N) is 3. The number of esters is 1. The first-order valence-corrected chi connectivity index (χ1v) is 9.58. The monoisotopic (exact) mass is 460 g/mol. The van der Waals surface area contributed by atoms with Crippen molar-refractivity contribution in [2.45, 2.75) is 26.6 Å². The van der Waals surface area contributed by atoms with Gasteiger partial charge in [-0.15, -0.1) is 0 Å². The number of carbonyl (C=O) groups is 2. The quantitative estimate of drug-likeness (QED) is 0.301. The lowest BCUT2D eigenvalue weighted by Crippen LogP contribution is -2.30. The van der Waals surface area contributed by atoms with Crippen molar-refractivity contribution in [3.8, 4) is 5.75 Å². The van der Waals surface area contributed by atoms with Crippen molar-refractivity contribution >= 4 is 34.9 Å². The van der Waals surface area contributed by atoms with Gasteiger partial charge in [0.25, 0.3) is 11.6 Å². The van der Waals surface area contributed by atoms with Crippen molar-refractivity contribution < 1.29 is 28.5 Å².